The molecule has 0 amide bonds. The molecule has 9 aromatic carbocycles. The second-order valence-corrected chi connectivity index (χ2v) is 15.9. The van der Waals surface area contributed by atoms with E-state index in [0.29, 0.717) is 16.8 Å². The van der Waals surface area contributed by atoms with Crippen LogP contribution in [0, 0.1) is 22.7 Å². The first-order valence-corrected chi connectivity index (χ1v) is 20.7. The number of para-hydroxylation sites is 6. The van der Waals surface area contributed by atoms with Gasteiger partial charge >= 0.3 is 0 Å². The van der Waals surface area contributed by atoms with Crippen LogP contribution in [-0.4, -0.2) is 18.3 Å². The third-order valence-corrected chi connectivity index (χ3v) is 12.8. The second kappa shape index (κ2) is 12.8. The maximum absolute atomic E-state index is 11.2. The molecule has 0 unspecified atom stereocenters. The van der Waals surface area contributed by atoms with Gasteiger partial charge in [-0.2, -0.15) is 10.5 Å². The third-order valence-electron chi connectivity index (χ3n) is 12.8. The zero-order valence-electron chi connectivity index (χ0n) is 33.2. The summed E-state index contributed by atoms with van der Waals surface area (Å²) in [4.78, 5) is 0. The summed E-state index contributed by atoms with van der Waals surface area (Å²) in [7, 11) is 0. The zero-order chi connectivity index (χ0) is 41.1. The SMILES string of the molecule is N#Cc1cc(C#N)c(-n2c3ccccc3c3c2ccc2c4ccccc4n(-c4ccccc4)c23)c(-n2c3ccccc3c3c2ccc2c4ccccc4n(-c4ccccc4)c23)c1. The molecule has 62 heavy (non-hydrogen) atoms. The van der Waals surface area contributed by atoms with Gasteiger partial charge in [-0.1, -0.05) is 121 Å². The molecule has 0 radical (unpaired) electrons. The summed E-state index contributed by atoms with van der Waals surface area (Å²) in [5, 5.41) is 30.8. The summed E-state index contributed by atoms with van der Waals surface area (Å²) >= 11 is 0. The lowest BCUT2D eigenvalue weighted by molar-refractivity contribution is 1.08. The van der Waals surface area contributed by atoms with Gasteiger partial charge in [0, 0.05) is 54.5 Å². The largest absolute Gasteiger partial charge is 0.309 e. The molecule has 0 N–H and O–H groups in total. The minimum absolute atomic E-state index is 0.413. The number of benzene rings is 9. The molecule has 6 heteroatoms. The summed E-state index contributed by atoms with van der Waals surface area (Å²) in [5.41, 5.74) is 12.8. The molecule has 0 aliphatic heterocycles. The standard InChI is InChI=1S/C56H32N6/c57-33-35-31-36(34-58)54(62-48-26-14-10-22-44(48)53-50(62)30-28-42-40-20-8-12-24-46(40)60(56(42)53)38-17-5-2-6-18-38)51(32-35)61-47-25-13-9-21-43(47)52-49(61)29-27-41-39-19-7-11-23-45(39)59(55(41)52)37-15-3-1-4-16-37/h1-32H. The second-order valence-electron chi connectivity index (χ2n) is 15.9. The van der Waals surface area contributed by atoms with E-state index in [4.69, 9.17) is 0 Å². The van der Waals surface area contributed by atoms with Gasteiger partial charge < -0.3 is 18.3 Å². The van der Waals surface area contributed by atoms with E-state index < -0.39 is 0 Å². The van der Waals surface area contributed by atoms with Crippen LogP contribution in [0.3, 0.4) is 0 Å². The zero-order valence-corrected chi connectivity index (χ0v) is 33.2. The van der Waals surface area contributed by atoms with Crippen LogP contribution < -0.4 is 0 Å². The Labute approximate surface area is 354 Å². The molecule has 0 aliphatic carbocycles. The van der Waals surface area contributed by atoms with Gasteiger partial charge in [0.2, 0.25) is 0 Å². The van der Waals surface area contributed by atoms with Crippen molar-refractivity contribution in [3.8, 4) is 34.9 Å². The maximum Gasteiger partial charge on any atom is 0.101 e. The van der Waals surface area contributed by atoms with E-state index in [1.165, 1.54) is 10.8 Å². The van der Waals surface area contributed by atoms with E-state index in [-0.39, 0.29) is 0 Å². The molecular weight excluding hydrogens is 757 g/mol. The molecule has 0 fully saturated rings. The summed E-state index contributed by atoms with van der Waals surface area (Å²) in [5.74, 6) is 0. The summed E-state index contributed by atoms with van der Waals surface area (Å²) in [6.07, 6.45) is 0. The highest BCUT2D eigenvalue weighted by Gasteiger charge is 2.27. The lowest BCUT2D eigenvalue weighted by Crippen LogP contribution is -2.07. The lowest BCUT2D eigenvalue weighted by atomic mass is 10.1. The fourth-order valence-electron chi connectivity index (χ4n) is 10.4. The van der Waals surface area contributed by atoms with E-state index in [2.05, 4.69) is 212 Å². The molecule has 0 saturated carbocycles. The number of nitriles is 2. The Morgan fingerprint density at radius 2 is 0.742 bits per heavy atom. The number of hydrogen-bond acceptors (Lipinski definition) is 2. The molecule has 6 nitrogen and oxygen atoms in total. The van der Waals surface area contributed by atoms with Gasteiger partial charge in [0.05, 0.1) is 72.7 Å². The first kappa shape index (κ1) is 34.1. The first-order valence-electron chi connectivity index (χ1n) is 20.7. The Morgan fingerprint density at radius 1 is 0.323 bits per heavy atom. The minimum Gasteiger partial charge on any atom is -0.309 e. The topological polar surface area (TPSA) is 67.3 Å². The molecule has 4 aromatic heterocycles. The van der Waals surface area contributed by atoms with E-state index in [0.717, 1.165) is 93.5 Å². The fourth-order valence-corrected chi connectivity index (χ4v) is 10.4. The average Bonchev–Trinajstić information content (AvgIpc) is 4.06. The molecule has 0 atom stereocenters. The molecule has 0 saturated heterocycles. The van der Waals surface area contributed by atoms with Crippen molar-refractivity contribution >= 4 is 87.2 Å². The Bertz CT molecular complexity index is 4110. The highest BCUT2D eigenvalue weighted by molar-refractivity contribution is 6.28. The number of aromatic nitrogens is 4. The van der Waals surface area contributed by atoms with E-state index in [1.54, 1.807) is 6.07 Å². The summed E-state index contributed by atoms with van der Waals surface area (Å²) < 4.78 is 9.28. The van der Waals surface area contributed by atoms with E-state index >= 15 is 0 Å². The predicted molar refractivity (Wildman–Crippen MR) is 253 cm³/mol. The predicted octanol–water partition coefficient (Wildman–Crippen LogP) is 13.8. The number of hydrogen-bond donors (Lipinski definition) is 0. The molecule has 286 valence electrons. The maximum atomic E-state index is 11.2. The Balaban J connectivity index is 1.22. The molecule has 13 rings (SSSR count). The van der Waals surface area contributed by atoms with Crippen LogP contribution in [0.1, 0.15) is 11.1 Å². The van der Waals surface area contributed by atoms with Gasteiger partial charge in [0.1, 0.15) is 6.07 Å². The van der Waals surface area contributed by atoms with E-state index in [1.807, 2.05) is 6.07 Å². The molecule has 0 spiro atoms. The van der Waals surface area contributed by atoms with Crippen LogP contribution >= 0.6 is 0 Å². The van der Waals surface area contributed by atoms with Crippen LogP contribution in [0.4, 0.5) is 0 Å². The Morgan fingerprint density at radius 3 is 1.23 bits per heavy atom. The van der Waals surface area contributed by atoms with E-state index in [9.17, 15) is 10.5 Å². The van der Waals surface area contributed by atoms with Crippen LogP contribution in [0.25, 0.3) is 110 Å². The number of fused-ring (bicyclic) bond motifs is 14. The van der Waals surface area contributed by atoms with Gasteiger partial charge in [-0.25, -0.2) is 0 Å². The Kier molecular flexibility index (Phi) is 7.05. The summed E-state index contributed by atoms with van der Waals surface area (Å²) in [6, 6.07) is 72.8. The fraction of sp³-hybridized carbons (Fsp3) is 0. The first-order chi connectivity index (χ1) is 30.7. The smallest absolute Gasteiger partial charge is 0.101 e. The highest BCUT2D eigenvalue weighted by Crippen LogP contribution is 2.46. The van der Waals surface area contributed by atoms with Crippen LogP contribution in [0.15, 0.2) is 194 Å². The van der Waals surface area contributed by atoms with Crippen LogP contribution in [0.2, 0.25) is 0 Å². The highest BCUT2D eigenvalue weighted by atomic mass is 15.1. The molecule has 13 aromatic rings. The van der Waals surface area contributed by atoms with Crippen molar-refractivity contribution in [2.75, 3.05) is 0 Å². The number of rotatable bonds is 4. The lowest BCUT2D eigenvalue weighted by Gasteiger charge is -2.19. The number of nitrogens with zero attached hydrogens (tertiary/aromatic N) is 6. The summed E-state index contributed by atoms with van der Waals surface area (Å²) in [6.45, 7) is 0. The van der Waals surface area contributed by atoms with Gasteiger partial charge in [-0.05, 0) is 72.8 Å². The van der Waals surface area contributed by atoms with Gasteiger partial charge in [0.25, 0.3) is 0 Å². The van der Waals surface area contributed by atoms with Crippen molar-refractivity contribution in [3.05, 3.63) is 205 Å². The monoisotopic (exact) mass is 788 g/mol. The van der Waals surface area contributed by atoms with Crippen molar-refractivity contribution in [1.29, 1.82) is 10.5 Å². The van der Waals surface area contributed by atoms with Gasteiger partial charge in [-0.3, -0.25) is 0 Å². The molecule has 0 aliphatic rings. The van der Waals surface area contributed by atoms with Crippen molar-refractivity contribution in [3.63, 3.8) is 0 Å². The molecule has 4 heterocycles. The van der Waals surface area contributed by atoms with Crippen molar-refractivity contribution < 1.29 is 0 Å². The molecule has 0 bridgehead atoms. The van der Waals surface area contributed by atoms with Gasteiger partial charge in [0.15, 0.2) is 0 Å². The van der Waals surface area contributed by atoms with Crippen LogP contribution in [-0.2, 0) is 0 Å². The van der Waals surface area contributed by atoms with Crippen molar-refractivity contribution in [2.45, 2.75) is 0 Å². The van der Waals surface area contributed by atoms with Crippen molar-refractivity contribution in [2.24, 2.45) is 0 Å². The third kappa shape index (κ3) is 4.50. The minimum atomic E-state index is 0.413. The quantitative estimate of drug-likeness (QED) is 0.178. The Hall–Kier alpha value is -8.84. The molecular formula is C56H32N6. The van der Waals surface area contributed by atoms with Crippen LogP contribution in [0.5, 0.6) is 0 Å². The average molecular weight is 789 g/mol. The van der Waals surface area contributed by atoms with Crippen molar-refractivity contribution in [1.82, 2.24) is 18.3 Å². The normalized spacial score (nSPS) is 11.8. The van der Waals surface area contributed by atoms with Gasteiger partial charge in [-0.15, -0.1) is 0 Å².